The van der Waals surface area contributed by atoms with Crippen molar-refractivity contribution in [3.8, 4) is 0 Å². The highest BCUT2D eigenvalue weighted by molar-refractivity contribution is 5.90. The highest BCUT2D eigenvalue weighted by Crippen LogP contribution is 2.14. The van der Waals surface area contributed by atoms with Crippen molar-refractivity contribution in [3.63, 3.8) is 0 Å². The molecule has 0 atom stereocenters. The molecule has 0 aliphatic carbocycles. The van der Waals surface area contributed by atoms with Gasteiger partial charge in [-0.1, -0.05) is 18.2 Å². The van der Waals surface area contributed by atoms with Crippen molar-refractivity contribution in [2.24, 2.45) is 0 Å². The Hall–Kier alpha value is -3.35. The first-order chi connectivity index (χ1) is 13.0. The van der Waals surface area contributed by atoms with Gasteiger partial charge in [-0.3, -0.25) is 0 Å². The number of hydrogen-bond acceptors (Lipinski definition) is 5. The largest absolute Gasteiger partial charge is 0.463 e. The first-order valence-electron chi connectivity index (χ1n) is 8.60. The van der Waals surface area contributed by atoms with Crippen molar-refractivity contribution in [1.82, 2.24) is 10.3 Å². The van der Waals surface area contributed by atoms with Crippen LogP contribution in [0.5, 0.6) is 0 Å². The molecule has 1 heterocycles. The summed E-state index contributed by atoms with van der Waals surface area (Å²) >= 11 is 0. The Labute approximate surface area is 159 Å². The minimum atomic E-state index is -0.383. The van der Waals surface area contributed by atoms with Crippen molar-refractivity contribution >= 4 is 29.6 Å². The number of benzene rings is 1. The zero-order valence-electron chi connectivity index (χ0n) is 15.7. The zero-order valence-corrected chi connectivity index (χ0v) is 15.7. The lowest BCUT2D eigenvalue weighted by Gasteiger charge is -2.16. The van der Waals surface area contributed by atoms with Gasteiger partial charge >= 0.3 is 12.0 Å². The van der Waals surface area contributed by atoms with Gasteiger partial charge in [-0.05, 0) is 36.8 Å². The number of nitrogens with zero attached hydrogens (tertiary/aromatic N) is 2. The standard InChI is InChI=1S/C20H24N4O3/c1-4-27-18(25)12-9-15-7-10-17(11-8-15)23-20(26)22-14-16-6-5-13-21-19(16)24(2)3/h5-13H,4,14H2,1-3H3,(H2,22,23,26). The number of hydrogen-bond donors (Lipinski definition) is 2. The zero-order chi connectivity index (χ0) is 19.6. The van der Waals surface area contributed by atoms with Crippen LogP contribution in [0, 0.1) is 0 Å². The molecule has 2 amide bonds. The Kier molecular flexibility index (Phi) is 7.37. The maximum Gasteiger partial charge on any atom is 0.330 e. The molecule has 0 saturated carbocycles. The number of nitrogens with one attached hydrogen (secondary N) is 2. The van der Waals surface area contributed by atoms with E-state index >= 15 is 0 Å². The average Bonchev–Trinajstić information content (AvgIpc) is 2.66. The lowest BCUT2D eigenvalue weighted by Crippen LogP contribution is -2.29. The molecule has 7 nitrogen and oxygen atoms in total. The van der Waals surface area contributed by atoms with Gasteiger partial charge in [0.2, 0.25) is 0 Å². The highest BCUT2D eigenvalue weighted by Gasteiger charge is 2.07. The van der Waals surface area contributed by atoms with E-state index < -0.39 is 0 Å². The molecule has 0 aliphatic heterocycles. The summed E-state index contributed by atoms with van der Waals surface area (Å²) in [5.74, 6) is 0.433. The van der Waals surface area contributed by atoms with Crippen LogP contribution in [0.3, 0.4) is 0 Å². The van der Waals surface area contributed by atoms with Gasteiger partial charge in [-0.15, -0.1) is 0 Å². The molecule has 1 aromatic heterocycles. The summed E-state index contributed by atoms with van der Waals surface area (Å²) < 4.78 is 4.83. The van der Waals surface area contributed by atoms with E-state index in [1.54, 1.807) is 43.5 Å². The predicted octanol–water partition coefficient (Wildman–Crippen LogP) is 3.05. The van der Waals surface area contributed by atoms with E-state index in [1.807, 2.05) is 31.1 Å². The summed E-state index contributed by atoms with van der Waals surface area (Å²) in [7, 11) is 3.81. The Morgan fingerprint density at radius 1 is 1.19 bits per heavy atom. The molecular formula is C20H24N4O3. The average molecular weight is 368 g/mol. The summed E-state index contributed by atoms with van der Waals surface area (Å²) in [6, 6.07) is 10.6. The number of pyridine rings is 1. The number of aromatic nitrogens is 1. The normalized spacial score (nSPS) is 10.5. The van der Waals surface area contributed by atoms with Gasteiger partial charge in [-0.2, -0.15) is 0 Å². The molecule has 142 valence electrons. The molecule has 0 aliphatic rings. The Balaban J connectivity index is 1.88. The van der Waals surface area contributed by atoms with Crippen LogP contribution in [0.2, 0.25) is 0 Å². The second-order valence-electron chi connectivity index (χ2n) is 5.90. The van der Waals surface area contributed by atoms with Crippen LogP contribution < -0.4 is 15.5 Å². The van der Waals surface area contributed by atoms with Gasteiger partial charge in [0.25, 0.3) is 0 Å². The number of urea groups is 1. The molecule has 0 saturated heterocycles. The molecule has 7 heteroatoms. The van der Waals surface area contributed by atoms with Crippen LogP contribution in [-0.4, -0.2) is 37.7 Å². The van der Waals surface area contributed by atoms with Gasteiger partial charge in [0.1, 0.15) is 5.82 Å². The van der Waals surface area contributed by atoms with E-state index in [1.165, 1.54) is 6.08 Å². The molecule has 2 aromatic rings. The van der Waals surface area contributed by atoms with Crippen molar-refractivity contribution in [2.75, 3.05) is 30.9 Å². The minimum Gasteiger partial charge on any atom is -0.463 e. The number of rotatable bonds is 7. The van der Waals surface area contributed by atoms with E-state index in [0.29, 0.717) is 18.8 Å². The first-order valence-corrected chi connectivity index (χ1v) is 8.60. The number of carbonyl (C=O) groups is 2. The van der Waals surface area contributed by atoms with Crippen LogP contribution in [0.1, 0.15) is 18.1 Å². The maximum atomic E-state index is 12.1. The second kappa shape index (κ2) is 9.96. The fourth-order valence-corrected chi connectivity index (χ4v) is 2.35. The van der Waals surface area contributed by atoms with E-state index in [-0.39, 0.29) is 12.0 Å². The number of amides is 2. The number of esters is 1. The lowest BCUT2D eigenvalue weighted by atomic mass is 10.2. The fourth-order valence-electron chi connectivity index (χ4n) is 2.35. The van der Waals surface area contributed by atoms with Gasteiger partial charge in [0.05, 0.1) is 6.61 Å². The van der Waals surface area contributed by atoms with E-state index in [4.69, 9.17) is 4.74 Å². The molecular weight excluding hydrogens is 344 g/mol. The van der Waals surface area contributed by atoms with Crippen molar-refractivity contribution < 1.29 is 14.3 Å². The van der Waals surface area contributed by atoms with E-state index in [0.717, 1.165) is 16.9 Å². The van der Waals surface area contributed by atoms with E-state index in [9.17, 15) is 9.59 Å². The molecule has 0 radical (unpaired) electrons. The summed E-state index contributed by atoms with van der Waals surface area (Å²) in [6.07, 6.45) is 4.75. The smallest absolute Gasteiger partial charge is 0.330 e. The van der Waals surface area contributed by atoms with Crippen LogP contribution in [0.15, 0.2) is 48.7 Å². The summed E-state index contributed by atoms with van der Waals surface area (Å²) in [5, 5.41) is 5.59. The number of anilines is 2. The topological polar surface area (TPSA) is 83.6 Å². The Morgan fingerprint density at radius 2 is 1.93 bits per heavy atom. The Bertz CT molecular complexity index is 801. The third kappa shape index (κ3) is 6.47. The molecule has 1 aromatic carbocycles. The summed E-state index contributed by atoms with van der Waals surface area (Å²) in [4.78, 5) is 29.6. The van der Waals surface area contributed by atoms with E-state index in [2.05, 4.69) is 15.6 Å². The van der Waals surface area contributed by atoms with Gasteiger partial charge in [0.15, 0.2) is 0 Å². The highest BCUT2D eigenvalue weighted by atomic mass is 16.5. The third-order valence-electron chi connectivity index (χ3n) is 3.60. The van der Waals surface area contributed by atoms with Crippen LogP contribution in [0.25, 0.3) is 6.08 Å². The molecule has 2 N–H and O–H groups in total. The maximum absolute atomic E-state index is 12.1. The van der Waals surface area contributed by atoms with Crippen LogP contribution in [-0.2, 0) is 16.1 Å². The summed E-state index contributed by atoms with van der Waals surface area (Å²) in [6.45, 7) is 2.47. The van der Waals surface area contributed by atoms with Crippen LogP contribution >= 0.6 is 0 Å². The van der Waals surface area contributed by atoms with Crippen LogP contribution in [0.4, 0.5) is 16.3 Å². The van der Waals surface area contributed by atoms with Gasteiger partial charge in [-0.25, -0.2) is 14.6 Å². The van der Waals surface area contributed by atoms with Crippen molar-refractivity contribution in [3.05, 3.63) is 59.8 Å². The molecule has 0 spiro atoms. The summed E-state index contributed by atoms with van der Waals surface area (Å²) in [5.41, 5.74) is 2.41. The van der Waals surface area contributed by atoms with Gasteiger partial charge < -0.3 is 20.3 Å². The Morgan fingerprint density at radius 3 is 2.59 bits per heavy atom. The predicted molar refractivity (Wildman–Crippen MR) is 107 cm³/mol. The minimum absolute atomic E-state index is 0.307. The van der Waals surface area contributed by atoms with Crippen molar-refractivity contribution in [1.29, 1.82) is 0 Å². The third-order valence-corrected chi connectivity index (χ3v) is 3.60. The van der Waals surface area contributed by atoms with Crippen molar-refractivity contribution in [2.45, 2.75) is 13.5 Å². The SMILES string of the molecule is CCOC(=O)C=Cc1ccc(NC(=O)NCc2cccnc2N(C)C)cc1. The van der Waals surface area contributed by atoms with Gasteiger partial charge in [0, 0.05) is 44.2 Å². The first kappa shape index (κ1) is 20.0. The fraction of sp³-hybridized carbons (Fsp3) is 0.250. The molecule has 0 bridgehead atoms. The second-order valence-corrected chi connectivity index (χ2v) is 5.90. The molecule has 2 rings (SSSR count). The monoisotopic (exact) mass is 368 g/mol. The number of ether oxygens (including phenoxy) is 1. The molecule has 0 unspecified atom stereocenters. The number of carbonyl (C=O) groups excluding carboxylic acids is 2. The molecule has 27 heavy (non-hydrogen) atoms. The lowest BCUT2D eigenvalue weighted by molar-refractivity contribution is -0.137. The molecule has 0 fully saturated rings. The quantitative estimate of drug-likeness (QED) is 0.580.